The number of aromatic hydroxyl groups is 1. The lowest BCUT2D eigenvalue weighted by atomic mass is 10.1. The maximum atomic E-state index is 13.2. The fourth-order valence-electron chi connectivity index (χ4n) is 2.08. The van der Waals surface area contributed by atoms with Crippen molar-refractivity contribution in [1.82, 2.24) is 9.88 Å². The van der Waals surface area contributed by atoms with Crippen molar-refractivity contribution in [1.29, 1.82) is 0 Å². The highest BCUT2D eigenvalue weighted by Crippen LogP contribution is 2.33. The molecule has 0 aliphatic rings. The Morgan fingerprint density at radius 2 is 2.04 bits per heavy atom. The number of benzene rings is 1. The van der Waals surface area contributed by atoms with Crippen molar-refractivity contribution in [2.24, 2.45) is 7.05 Å². The molecule has 1 atom stereocenters. The Kier molecular flexibility index (Phi) is 4.49. The Balaban J connectivity index is 2.32. The second-order valence-electron chi connectivity index (χ2n) is 5.02. The summed E-state index contributed by atoms with van der Waals surface area (Å²) in [6.45, 7) is 0. The molecular formula is C14H12F3N3O4. The molecule has 24 heavy (non-hydrogen) atoms. The number of nitrogens with one attached hydrogen (secondary N) is 1. The second-order valence-corrected chi connectivity index (χ2v) is 5.02. The van der Waals surface area contributed by atoms with Crippen molar-refractivity contribution in [3.05, 3.63) is 57.9 Å². The predicted molar refractivity (Wildman–Crippen MR) is 76.4 cm³/mol. The summed E-state index contributed by atoms with van der Waals surface area (Å²) in [7, 11) is 1.53. The zero-order valence-corrected chi connectivity index (χ0v) is 12.2. The van der Waals surface area contributed by atoms with Gasteiger partial charge in [0.1, 0.15) is 0 Å². The van der Waals surface area contributed by atoms with Crippen LogP contribution in [0, 0.1) is 10.1 Å². The van der Waals surface area contributed by atoms with Crippen molar-refractivity contribution < 1.29 is 28.0 Å². The van der Waals surface area contributed by atoms with Gasteiger partial charge in [0.2, 0.25) is 0 Å². The van der Waals surface area contributed by atoms with Gasteiger partial charge in [-0.05, 0) is 18.2 Å². The number of nitro benzene ring substituents is 1. The number of alkyl halides is 3. The maximum absolute atomic E-state index is 13.2. The number of carbonyl (C=O) groups is 1. The summed E-state index contributed by atoms with van der Waals surface area (Å²) >= 11 is 0. The van der Waals surface area contributed by atoms with Crippen LogP contribution in [0.5, 0.6) is 5.75 Å². The minimum Gasteiger partial charge on any atom is -0.502 e. The van der Waals surface area contributed by atoms with E-state index in [0.29, 0.717) is 6.07 Å². The number of amides is 1. The Bertz CT molecular complexity index is 786. The molecule has 1 amide bonds. The minimum atomic E-state index is -4.75. The van der Waals surface area contributed by atoms with E-state index in [-0.39, 0.29) is 11.1 Å². The van der Waals surface area contributed by atoms with Crippen molar-refractivity contribution in [2.75, 3.05) is 0 Å². The summed E-state index contributed by atoms with van der Waals surface area (Å²) in [4.78, 5) is 21.8. The van der Waals surface area contributed by atoms with Gasteiger partial charge < -0.3 is 15.0 Å². The van der Waals surface area contributed by atoms with E-state index in [0.717, 1.165) is 12.1 Å². The normalized spacial score (nSPS) is 12.7. The SMILES string of the molecule is Cn1ccc([C@H](NC(=O)c2ccc(O)c([N+](=O)[O-])c2)C(F)(F)F)c1. The summed E-state index contributed by atoms with van der Waals surface area (Å²) in [5.41, 5.74) is -1.32. The van der Waals surface area contributed by atoms with E-state index in [1.165, 1.54) is 30.1 Å². The summed E-state index contributed by atoms with van der Waals surface area (Å²) in [5.74, 6) is -1.84. The van der Waals surface area contributed by atoms with Crippen LogP contribution in [0.1, 0.15) is 22.0 Å². The van der Waals surface area contributed by atoms with Crippen molar-refractivity contribution in [3.63, 3.8) is 0 Å². The smallest absolute Gasteiger partial charge is 0.412 e. The summed E-state index contributed by atoms with van der Waals surface area (Å²) in [6.07, 6.45) is -2.15. The van der Waals surface area contributed by atoms with Crippen LogP contribution in [0.15, 0.2) is 36.7 Å². The molecule has 128 valence electrons. The molecule has 0 radical (unpaired) electrons. The summed E-state index contributed by atoms with van der Waals surface area (Å²) < 4.78 is 41.0. The van der Waals surface area contributed by atoms with Gasteiger partial charge in [-0.2, -0.15) is 13.2 Å². The molecule has 0 unspecified atom stereocenters. The Morgan fingerprint density at radius 3 is 2.54 bits per heavy atom. The third-order valence-electron chi connectivity index (χ3n) is 3.23. The average Bonchev–Trinajstić information content (AvgIpc) is 2.89. The van der Waals surface area contributed by atoms with Gasteiger partial charge in [-0.15, -0.1) is 0 Å². The quantitative estimate of drug-likeness (QED) is 0.659. The lowest BCUT2D eigenvalue weighted by molar-refractivity contribution is -0.385. The van der Waals surface area contributed by atoms with E-state index in [1.807, 2.05) is 0 Å². The van der Waals surface area contributed by atoms with Crippen LogP contribution >= 0.6 is 0 Å². The van der Waals surface area contributed by atoms with Gasteiger partial charge in [0.15, 0.2) is 11.8 Å². The molecule has 1 aromatic carbocycles. The van der Waals surface area contributed by atoms with Gasteiger partial charge >= 0.3 is 11.9 Å². The fourth-order valence-corrected chi connectivity index (χ4v) is 2.08. The molecule has 7 nitrogen and oxygen atoms in total. The Labute approximate surface area is 133 Å². The lowest BCUT2D eigenvalue weighted by Gasteiger charge is -2.21. The fraction of sp³-hybridized carbons (Fsp3) is 0.214. The van der Waals surface area contributed by atoms with Crippen molar-refractivity contribution in [3.8, 4) is 5.75 Å². The Morgan fingerprint density at radius 1 is 1.38 bits per heavy atom. The number of hydrogen-bond donors (Lipinski definition) is 2. The van der Waals surface area contributed by atoms with Gasteiger partial charge in [-0.1, -0.05) is 0 Å². The van der Waals surface area contributed by atoms with Crippen LogP contribution in [0.2, 0.25) is 0 Å². The third kappa shape index (κ3) is 3.65. The molecule has 0 saturated carbocycles. The molecule has 2 aromatic rings. The molecule has 2 rings (SSSR count). The predicted octanol–water partition coefficient (Wildman–Crippen LogP) is 2.67. The number of aryl methyl sites for hydroxylation is 1. The third-order valence-corrected chi connectivity index (χ3v) is 3.23. The largest absolute Gasteiger partial charge is 0.502 e. The molecule has 0 saturated heterocycles. The van der Waals surface area contributed by atoms with Crippen LogP contribution in [0.3, 0.4) is 0 Å². The highest BCUT2D eigenvalue weighted by molar-refractivity contribution is 5.95. The Hall–Kier alpha value is -3.04. The first-order valence-electron chi connectivity index (χ1n) is 6.56. The number of halogens is 3. The highest BCUT2D eigenvalue weighted by Gasteiger charge is 2.42. The molecule has 10 heteroatoms. The van der Waals surface area contributed by atoms with Gasteiger partial charge in [-0.25, -0.2) is 0 Å². The van der Waals surface area contributed by atoms with Gasteiger partial charge in [-0.3, -0.25) is 14.9 Å². The van der Waals surface area contributed by atoms with Crippen LogP contribution in [-0.2, 0) is 7.05 Å². The number of nitrogens with zero attached hydrogens (tertiary/aromatic N) is 2. The average molecular weight is 343 g/mol. The first-order chi connectivity index (χ1) is 11.1. The molecule has 1 aromatic heterocycles. The van der Waals surface area contributed by atoms with E-state index < -0.39 is 34.5 Å². The molecule has 0 aliphatic carbocycles. The minimum absolute atomic E-state index is 0.174. The molecule has 0 aliphatic heterocycles. The number of phenolic OH excluding ortho intramolecular Hbond substituents is 1. The van der Waals surface area contributed by atoms with Gasteiger partial charge in [0, 0.05) is 36.6 Å². The topological polar surface area (TPSA) is 97.4 Å². The van der Waals surface area contributed by atoms with E-state index in [4.69, 9.17) is 0 Å². The standard InChI is InChI=1S/C14H12F3N3O4/c1-19-5-4-9(7-19)12(14(15,16)17)18-13(22)8-2-3-11(21)10(6-8)20(23)24/h2-7,12,21H,1H3,(H,18,22)/t12-/m0/s1. The molecule has 0 fully saturated rings. The van der Waals surface area contributed by atoms with Crippen molar-refractivity contribution >= 4 is 11.6 Å². The molecule has 0 spiro atoms. The zero-order valence-electron chi connectivity index (χ0n) is 12.2. The van der Waals surface area contributed by atoms with Crippen LogP contribution < -0.4 is 5.32 Å². The maximum Gasteiger partial charge on any atom is 0.412 e. The second kappa shape index (κ2) is 6.22. The monoisotopic (exact) mass is 343 g/mol. The molecule has 0 bridgehead atoms. The molecule has 2 N–H and O–H groups in total. The van der Waals surface area contributed by atoms with Crippen LogP contribution in [0.4, 0.5) is 18.9 Å². The number of phenols is 1. The molecule has 1 heterocycles. The van der Waals surface area contributed by atoms with Crippen molar-refractivity contribution in [2.45, 2.75) is 12.2 Å². The van der Waals surface area contributed by atoms with Crippen LogP contribution in [-0.4, -0.2) is 26.7 Å². The van der Waals surface area contributed by atoms with Gasteiger partial charge in [0.25, 0.3) is 5.91 Å². The first kappa shape index (κ1) is 17.3. The van der Waals surface area contributed by atoms with E-state index in [1.54, 1.807) is 5.32 Å². The van der Waals surface area contributed by atoms with E-state index in [9.17, 15) is 33.2 Å². The number of hydrogen-bond acceptors (Lipinski definition) is 4. The number of carbonyl (C=O) groups excluding carboxylic acids is 1. The van der Waals surface area contributed by atoms with Gasteiger partial charge in [0.05, 0.1) is 4.92 Å². The first-order valence-corrected chi connectivity index (χ1v) is 6.56. The lowest BCUT2D eigenvalue weighted by Crippen LogP contribution is -2.38. The summed E-state index contributed by atoms with van der Waals surface area (Å²) in [6, 6.07) is 1.52. The summed E-state index contributed by atoms with van der Waals surface area (Å²) in [5, 5.41) is 21.9. The highest BCUT2D eigenvalue weighted by atomic mass is 19.4. The number of aromatic nitrogens is 1. The number of nitro groups is 1. The van der Waals surface area contributed by atoms with E-state index >= 15 is 0 Å². The zero-order chi connectivity index (χ0) is 18.1. The van der Waals surface area contributed by atoms with Crippen LogP contribution in [0.25, 0.3) is 0 Å². The number of rotatable bonds is 4. The van der Waals surface area contributed by atoms with E-state index in [2.05, 4.69) is 0 Å². The molecular weight excluding hydrogens is 331 g/mol.